The van der Waals surface area contributed by atoms with Gasteiger partial charge in [-0.3, -0.25) is 10.1 Å². The predicted octanol–water partition coefficient (Wildman–Crippen LogP) is 3.67. The number of ether oxygens (including phenoxy) is 1. The van der Waals surface area contributed by atoms with Crippen molar-refractivity contribution >= 4 is 17.7 Å². The van der Waals surface area contributed by atoms with Crippen LogP contribution in [0.3, 0.4) is 0 Å². The normalized spacial score (nSPS) is 20.5. The molecule has 2 atom stereocenters. The zero-order chi connectivity index (χ0) is 17.1. The van der Waals surface area contributed by atoms with Crippen molar-refractivity contribution in [1.82, 2.24) is 5.32 Å². The highest BCUT2D eigenvalue weighted by Gasteiger charge is 2.27. The first-order valence-corrected chi connectivity index (χ1v) is 8.76. The first-order chi connectivity index (χ1) is 11.5. The maximum Gasteiger partial charge on any atom is 0.320 e. The maximum atomic E-state index is 11.1. The van der Waals surface area contributed by atoms with E-state index in [-0.39, 0.29) is 11.1 Å². The highest BCUT2D eigenvalue weighted by atomic mass is 32.2. The minimum atomic E-state index is -0.810. The van der Waals surface area contributed by atoms with Crippen LogP contribution < -0.4 is 10.1 Å². The molecule has 1 fully saturated rings. The number of hydrogen-bond acceptors (Lipinski definition) is 5. The number of carboxylic acids is 1. The fraction of sp³-hybridized carbons (Fsp3) is 0.278. The monoisotopic (exact) mass is 345 g/mol. The number of phenols is 1. The number of aliphatic carboxylic acids is 1. The first-order valence-electron chi connectivity index (χ1n) is 7.71. The second kappa shape index (κ2) is 7.15. The molecule has 126 valence electrons. The second-order valence-electron chi connectivity index (χ2n) is 5.74. The zero-order valence-electron chi connectivity index (χ0n) is 13.2. The Balaban J connectivity index is 1.70. The summed E-state index contributed by atoms with van der Waals surface area (Å²) in [6, 6.07) is 12.2. The van der Waals surface area contributed by atoms with Crippen LogP contribution in [0.5, 0.6) is 17.2 Å². The van der Waals surface area contributed by atoms with E-state index in [9.17, 15) is 9.90 Å². The van der Waals surface area contributed by atoms with Crippen molar-refractivity contribution < 1.29 is 19.7 Å². The van der Waals surface area contributed by atoms with Gasteiger partial charge in [-0.1, -0.05) is 18.2 Å². The topological polar surface area (TPSA) is 78.8 Å². The van der Waals surface area contributed by atoms with E-state index in [1.165, 1.54) is 0 Å². The van der Waals surface area contributed by atoms with Crippen molar-refractivity contribution in [1.29, 1.82) is 0 Å². The molecule has 2 aromatic carbocycles. The summed E-state index contributed by atoms with van der Waals surface area (Å²) in [5.41, 5.74) is 1.97. The number of benzene rings is 2. The van der Waals surface area contributed by atoms with Crippen LogP contribution in [-0.4, -0.2) is 28.0 Å². The fourth-order valence-corrected chi connectivity index (χ4v) is 3.77. The fourth-order valence-electron chi connectivity index (χ4n) is 2.56. The van der Waals surface area contributed by atoms with Gasteiger partial charge in [0.1, 0.15) is 11.8 Å². The molecule has 1 aliphatic heterocycles. The molecule has 5 nitrogen and oxygen atoms in total. The van der Waals surface area contributed by atoms with E-state index in [1.54, 1.807) is 23.9 Å². The Labute approximate surface area is 144 Å². The summed E-state index contributed by atoms with van der Waals surface area (Å²) in [4.78, 5) is 11.1. The third-order valence-corrected chi connectivity index (χ3v) is 5.08. The first kappa shape index (κ1) is 16.7. The van der Waals surface area contributed by atoms with Gasteiger partial charge in [0, 0.05) is 0 Å². The van der Waals surface area contributed by atoms with Gasteiger partial charge in [-0.15, -0.1) is 11.8 Å². The Bertz CT molecular complexity index is 732. The molecule has 0 amide bonds. The van der Waals surface area contributed by atoms with Gasteiger partial charge in [0.05, 0.1) is 5.37 Å². The molecule has 1 saturated heterocycles. The van der Waals surface area contributed by atoms with Crippen LogP contribution in [0.25, 0.3) is 0 Å². The van der Waals surface area contributed by atoms with Gasteiger partial charge in [0.15, 0.2) is 11.5 Å². The number of phenolic OH excluding ortho intramolecular Hbond substituents is 1. The van der Waals surface area contributed by atoms with Gasteiger partial charge in [-0.25, -0.2) is 0 Å². The Kier molecular flexibility index (Phi) is 4.97. The lowest BCUT2D eigenvalue weighted by molar-refractivity contribution is -0.139. The molecule has 0 spiro atoms. The third-order valence-electron chi connectivity index (χ3n) is 3.87. The number of hydrogen-bond donors (Lipinski definition) is 3. The standard InChI is InChI=1S/C18H19NO4S/c1-11-2-7-16(15(20)10-11)23-13-5-3-12(4-6-13)17-19-14(18(21)22)8-9-24-17/h2-7,10,14,17,19-20H,8-9H2,1H3,(H,21,22). The van der Waals surface area contributed by atoms with Crippen molar-refractivity contribution in [3.8, 4) is 17.2 Å². The summed E-state index contributed by atoms with van der Waals surface area (Å²) < 4.78 is 5.69. The number of rotatable bonds is 4. The van der Waals surface area contributed by atoms with Gasteiger partial charge in [-0.2, -0.15) is 0 Å². The summed E-state index contributed by atoms with van der Waals surface area (Å²) in [7, 11) is 0. The summed E-state index contributed by atoms with van der Waals surface area (Å²) in [5.74, 6) is 1.13. The molecule has 2 unspecified atom stereocenters. The number of aryl methyl sites for hydroxylation is 1. The Morgan fingerprint density at radius 3 is 2.67 bits per heavy atom. The largest absolute Gasteiger partial charge is 0.504 e. The molecular formula is C18H19NO4S. The lowest BCUT2D eigenvalue weighted by Crippen LogP contribution is -2.41. The molecule has 1 aliphatic rings. The number of thioether (sulfide) groups is 1. The average molecular weight is 345 g/mol. The van der Waals surface area contributed by atoms with Crippen LogP contribution in [0.1, 0.15) is 22.9 Å². The molecule has 6 heteroatoms. The van der Waals surface area contributed by atoms with E-state index in [4.69, 9.17) is 9.84 Å². The van der Waals surface area contributed by atoms with E-state index < -0.39 is 12.0 Å². The molecule has 0 radical (unpaired) electrons. The summed E-state index contributed by atoms with van der Waals surface area (Å²) >= 11 is 1.70. The summed E-state index contributed by atoms with van der Waals surface area (Å²) in [6.07, 6.45) is 0.629. The van der Waals surface area contributed by atoms with E-state index in [1.807, 2.05) is 37.3 Å². The van der Waals surface area contributed by atoms with Crippen molar-refractivity contribution in [3.63, 3.8) is 0 Å². The zero-order valence-corrected chi connectivity index (χ0v) is 14.0. The van der Waals surface area contributed by atoms with Crippen molar-refractivity contribution in [2.45, 2.75) is 24.8 Å². The highest BCUT2D eigenvalue weighted by molar-refractivity contribution is 7.99. The average Bonchev–Trinajstić information content (AvgIpc) is 2.58. The Morgan fingerprint density at radius 2 is 2.00 bits per heavy atom. The predicted molar refractivity (Wildman–Crippen MR) is 93.7 cm³/mol. The van der Waals surface area contributed by atoms with Gasteiger partial charge < -0.3 is 14.9 Å². The van der Waals surface area contributed by atoms with E-state index in [2.05, 4.69) is 5.32 Å². The molecule has 24 heavy (non-hydrogen) atoms. The SMILES string of the molecule is Cc1ccc(Oc2ccc(C3NC(C(=O)O)CCS3)cc2)c(O)c1. The number of carbonyl (C=O) groups is 1. The molecule has 0 bridgehead atoms. The highest BCUT2D eigenvalue weighted by Crippen LogP contribution is 2.34. The lowest BCUT2D eigenvalue weighted by Gasteiger charge is -2.28. The second-order valence-corrected chi connectivity index (χ2v) is 6.95. The summed E-state index contributed by atoms with van der Waals surface area (Å²) in [6.45, 7) is 1.90. The molecule has 2 aromatic rings. The smallest absolute Gasteiger partial charge is 0.320 e. The molecular weight excluding hydrogens is 326 g/mol. The number of nitrogens with one attached hydrogen (secondary N) is 1. The van der Waals surface area contributed by atoms with Crippen molar-refractivity contribution in [3.05, 3.63) is 53.6 Å². The molecule has 3 rings (SSSR count). The van der Waals surface area contributed by atoms with Crippen LogP contribution in [0.15, 0.2) is 42.5 Å². The molecule has 0 saturated carbocycles. The van der Waals surface area contributed by atoms with E-state index in [0.717, 1.165) is 16.9 Å². The van der Waals surface area contributed by atoms with Gasteiger partial charge in [0.2, 0.25) is 0 Å². The van der Waals surface area contributed by atoms with Crippen LogP contribution in [0.4, 0.5) is 0 Å². The third kappa shape index (κ3) is 3.83. The van der Waals surface area contributed by atoms with Gasteiger partial charge in [0.25, 0.3) is 0 Å². The van der Waals surface area contributed by atoms with Crippen LogP contribution in [-0.2, 0) is 4.79 Å². The molecule has 0 aliphatic carbocycles. The van der Waals surface area contributed by atoms with Gasteiger partial charge >= 0.3 is 5.97 Å². The number of aromatic hydroxyl groups is 1. The van der Waals surface area contributed by atoms with E-state index in [0.29, 0.717) is 17.9 Å². The Morgan fingerprint density at radius 1 is 1.25 bits per heavy atom. The van der Waals surface area contributed by atoms with Gasteiger partial charge in [-0.05, 0) is 54.5 Å². The van der Waals surface area contributed by atoms with Crippen LogP contribution in [0, 0.1) is 6.92 Å². The molecule has 1 heterocycles. The Hall–Kier alpha value is -2.18. The van der Waals surface area contributed by atoms with Crippen LogP contribution in [0.2, 0.25) is 0 Å². The van der Waals surface area contributed by atoms with Crippen LogP contribution >= 0.6 is 11.8 Å². The van der Waals surface area contributed by atoms with E-state index >= 15 is 0 Å². The van der Waals surface area contributed by atoms with Crippen molar-refractivity contribution in [2.75, 3.05) is 5.75 Å². The minimum Gasteiger partial charge on any atom is -0.504 e. The minimum absolute atomic E-state index is 0.0401. The number of carboxylic acid groups (broad SMARTS) is 1. The van der Waals surface area contributed by atoms with Crippen molar-refractivity contribution in [2.24, 2.45) is 0 Å². The summed E-state index contributed by atoms with van der Waals surface area (Å²) in [5, 5.41) is 22.1. The molecule has 3 N–H and O–H groups in total. The molecule has 0 aromatic heterocycles. The maximum absolute atomic E-state index is 11.1. The quantitative estimate of drug-likeness (QED) is 0.785. The lowest BCUT2D eigenvalue weighted by atomic mass is 10.1.